The molecule has 2 aromatic rings. The number of allylic oxidation sites excluding steroid dienone is 4. The Balaban J connectivity index is 2.01. The van der Waals surface area contributed by atoms with Crippen LogP contribution in [0.15, 0.2) is 60.4 Å². The highest BCUT2D eigenvalue weighted by Gasteiger charge is 2.28. The molecule has 1 heterocycles. The Labute approximate surface area is 221 Å². The molecule has 2 N–H and O–H groups in total. The number of hydrogen-bond donors (Lipinski definition) is 2. The van der Waals surface area contributed by atoms with E-state index in [2.05, 4.69) is 40.7 Å². The molecule has 1 fully saturated rings. The molecule has 9 heteroatoms. The molecular weight excluding hydrogens is 484 g/mol. The zero-order valence-electron chi connectivity index (χ0n) is 22.4. The van der Waals surface area contributed by atoms with E-state index in [4.69, 9.17) is 9.97 Å². The summed E-state index contributed by atoms with van der Waals surface area (Å²) in [5.74, 6) is 1.32. The van der Waals surface area contributed by atoms with Gasteiger partial charge in [0.25, 0.3) is 0 Å². The predicted octanol–water partition coefficient (Wildman–Crippen LogP) is 4.61. The smallest absolute Gasteiger partial charge is 0.208 e. The Morgan fingerprint density at radius 3 is 2.65 bits per heavy atom. The van der Waals surface area contributed by atoms with Gasteiger partial charge in [-0.2, -0.15) is 0 Å². The van der Waals surface area contributed by atoms with Crippen molar-refractivity contribution >= 4 is 33.2 Å². The molecule has 0 bridgehead atoms. The summed E-state index contributed by atoms with van der Waals surface area (Å²) in [5.41, 5.74) is 4.74. The van der Waals surface area contributed by atoms with E-state index in [9.17, 15) is 8.42 Å². The van der Waals surface area contributed by atoms with Crippen LogP contribution in [0.2, 0.25) is 0 Å². The fourth-order valence-corrected chi connectivity index (χ4v) is 5.33. The summed E-state index contributed by atoms with van der Waals surface area (Å²) in [4.78, 5) is 15.9. The number of aliphatic imine (C=N–C) groups is 1. The quantitative estimate of drug-likeness (QED) is 0.330. The molecule has 0 amide bonds. The lowest BCUT2D eigenvalue weighted by Crippen LogP contribution is -2.33. The lowest BCUT2D eigenvalue weighted by Gasteiger charge is -2.18. The van der Waals surface area contributed by atoms with Gasteiger partial charge < -0.3 is 10.2 Å². The Hall–Kier alpha value is -3.30. The summed E-state index contributed by atoms with van der Waals surface area (Å²) < 4.78 is 26.2. The Morgan fingerprint density at radius 2 is 2.00 bits per heavy atom. The molecule has 2 atom stereocenters. The normalized spacial score (nSPS) is 18.8. The first-order chi connectivity index (χ1) is 17.6. The average Bonchev–Trinajstić information content (AvgIpc) is 3.27. The zero-order chi connectivity index (χ0) is 27.0. The number of anilines is 1. The van der Waals surface area contributed by atoms with Crippen LogP contribution in [0, 0.1) is 0 Å². The van der Waals surface area contributed by atoms with Crippen molar-refractivity contribution in [3.8, 4) is 11.4 Å². The van der Waals surface area contributed by atoms with Gasteiger partial charge in [0.2, 0.25) is 10.0 Å². The maximum atomic E-state index is 11.7. The van der Waals surface area contributed by atoms with Crippen LogP contribution >= 0.6 is 0 Å². The lowest BCUT2D eigenvalue weighted by atomic mass is 10.0. The summed E-state index contributed by atoms with van der Waals surface area (Å²) in [6, 6.07) is 8.10. The molecule has 1 unspecified atom stereocenters. The number of sulfonamides is 1. The van der Waals surface area contributed by atoms with Gasteiger partial charge in [-0.1, -0.05) is 43.9 Å². The van der Waals surface area contributed by atoms with Gasteiger partial charge in [-0.05, 0) is 42.9 Å². The highest BCUT2D eigenvalue weighted by Crippen LogP contribution is 2.30. The van der Waals surface area contributed by atoms with Crippen LogP contribution in [0.25, 0.3) is 22.5 Å². The second-order valence-electron chi connectivity index (χ2n) is 9.49. The van der Waals surface area contributed by atoms with Crippen molar-refractivity contribution in [3.63, 3.8) is 0 Å². The molecule has 37 heavy (non-hydrogen) atoms. The van der Waals surface area contributed by atoms with Gasteiger partial charge in [0, 0.05) is 68.5 Å². The molecule has 1 saturated carbocycles. The minimum Gasteiger partial charge on any atom is -0.383 e. The van der Waals surface area contributed by atoms with E-state index in [1.54, 1.807) is 7.05 Å². The SMILES string of the molecule is C=C/C(=C\N(C)C)c1cccc(-c2ncc(/C(C=NC)=C/CC)c(NC3CC[C@H](NS(C)(=O)=O)C3)n2)c1. The highest BCUT2D eigenvalue weighted by molar-refractivity contribution is 7.88. The first-order valence-electron chi connectivity index (χ1n) is 12.5. The van der Waals surface area contributed by atoms with Gasteiger partial charge in [-0.15, -0.1) is 0 Å². The Bertz CT molecular complexity index is 1300. The first kappa shape index (κ1) is 28.3. The minimum atomic E-state index is -3.25. The lowest BCUT2D eigenvalue weighted by molar-refractivity contribution is 0.556. The topological polar surface area (TPSA) is 99.6 Å². The van der Waals surface area contributed by atoms with Crippen molar-refractivity contribution in [2.45, 2.75) is 44.7 Å². The van der Waals surface area contributed by atoms with Gasteiger partial charge in [-0.3, -0.25) is 4.99 Å². The van der Waals surface area contributed by atoms with E-state index in [1.165, 1.54) is 6.26 Å². The van der Waals surface area contributed by atoms with Crippen LogP contribution < -0.4 is 10.0 Å². The van der Waals surface area contributed by atoms with Crippen molar-refractivity contribution in [1.82, 2.24) is 19.6 Å². The molecule has 1 aliphatic rings. The summed E-state index contributed by atoms with van der Waals surface area (Å²) in [5, 5.41) is 3.58. The van der Waals surface area contributed by atoms with Crippen LogP contribution in [-0.4, -0.2) is 69.0 Å². The zero-order valence-corrected chi connectivity index (χ0v) is 23.2. The number of rotatable bonds is 11. The summed E-state index contributed by atoms with van der Waals surface area (Å²) in [6.07, 6.45) is 14.0. The van der Waals surface area contributed by atoms with Crippen LogP contribution in [-0.2, 0) is 10.0 Å². The highest BCUT2D eigenvalue weighted by atomic mass is 32.2. The fourth-order valence-electron chi connectivity index (χ4n) is 4.51. The molecule has 0 saturated heterocycles. The van der Waals surface area contributed by atoms with Crippen LogP contribution in [0.1, 0.15) is 43.7 Å². The van der Waals surface area contributed by atoms with Crippen molar-refractivity contribution in [3.05, 3.63) is 66.5 Å². The molecule has 1 aromatic carbocycles. The number of nitrogens with one attached hydrogen (secondary N) is 2. The van der Waals surface area contributed by atoms with E-state index < -0.39 is 10.0 Å². The van der Waals surface area contributed by atoms with E-state index in [0.29, 0.717) is 18.1 Å². The summed E-state index contributed by atoms with van der Waals surface area (Å²) in [7, 11) is 2.45. The van der Waals surface area contributed by atoms with Crippen LogP contribution in [0.5, 0.6) is 0 Å². The molecular formula is C28H38N6O2S. The van der Waals surface area contributed by atoms with Crippen molar-refractivity contribution in [2.24, 2.45) is 4.99 Å². The molecule has 8 nitrogen and oxygen atoms in total. The number of nitrogens with zero attached hydrogens (tertiary/aromatic N) is 4. The molecule has 1 aliphatic carbocycles. The Kier molecular flexibility index (Phi) is 9.77. The van der Waals surface area contributed by atoms with Crippen molar-refractivity contribution < 1.29 is 8.42 Å². The summed E-state index contributed by atoms with van der Waals surface area (Å²) >= 11 is 0. The minimum absolute atomic E-state index is 0.0855. The van der Waals surface area contributed by atoms with E-state index >= 15 is 0 Å². The van der Waals surface area contributed by atoms with E-state index in [-0.39, 0.29) is 12.1 Å². The van der Waals surface area contributed by atoms with E-state index in [1.807, 2.05) is 61.9 Å². The maximum absolute atomic E-state index is 11.7. The second-order valence-corrected chi connectivity index (χ2v) is 11.3. The van der Waals surface area contributed by atoms with Crippen LogP contribution in [0.3, 0.4) is 0 Å². The fraction of sp³-hybridized carbons (Fsp3) is 0.393. The third-order valence-corrected chi connectivity index (χ3v) is 6.78. The van der Waals surface area contributed by atoms with Gasteiger partial charge in [0.15, 0.2) is 5.82 Å². The number of hydrogen-bond acceptors (Lipinski definition) is 7. The van der Waals surface area contributed by atoms with Gasteiger partial charge in [0.1, 0.15) is 5.82 Å². The predicted molar refractivity (Wildman–Crippen MR) is 155 cm³/mol. The second kappa shape index (κ2) is 12.8. The van der Waals surface area contributed by atoms with Crippen molar-refractivity contribution in [2.75, 3.05) is 32.7 Å². The largest absolute Gasteiger partial charge is 0.383 e. The van der Waals surface area contributed by atoms with Gasteiger partial charge in [-0.25, -0.2) is 23.1 Å². The summed E-state index contributed by atoms with van der Waals surface area (Å²) in [6.45, 7) is 6.04. The maximum Gasteiger partial charge on any atom is 0.208 e. The Morgan fingerprint density at radius 1 is 1.24 bits per heavy atom. The monoisotopic (exact) mass is 522 g/mol. The first-order valence-corrected chi connectivity index (χ1v) is 14.4. The number of benzene rings is 1. The van der Waals surface area contributed by atoms with Crippen LogP contribution in [0.4, 0.5) is 5.82 Å². The number of aromatic nitrogens is 2. The third kappa shape index (κ3) is 8.10. The van der Waals surface area contributed by atoms with Crippen molar-refractivity contribution in [1.29, 1.82) is 0 Å². The standard InChI is InChI=1S/C28H38N6O2S/c1-7-10-23(17-29-3)26-18-30-27(22-12-9-11-21(15-22)20(8-2)19-34(4)5)32-28(26)31-24-13-14-25(16-24)33-37(6,35)36/h8-12,15,17-19,24-25,33H,2,7,13-14,16H2,1,3-6H3,(H,30,31,32)/b20-19+,23-10+,29-17?/t24?,25-/m0/s1. The van der Waals surface area contributed by atoms with Gasteiger partial charge in [0.05, 0.1) is 6.26 Å². The van der Waals surface area contributed by atoms with E-state index in [0.717, 1.165) is 47.1 Å². The molecule has 0 radical (unpaired) electrons. The van der Waals surface area contributed by atoms with Gasteiger partial charge >= 0.3 is 0 Å². The third-order valence-electron chi connectivity index (χ3n) is 6.02. The molecule has 0 aliphatic heterocycles. The molecule has 0 spiro atoms. The molecule has 198 valence electrons. The molecule has 1 aromatic heterocycles. The molecule has 3 rings (SSSR count). The average molecular weight is 523 g/mol.